The van der Waals surface area contributed by atoms with Gasteiger partial charge in [0.25, 0.3) is 0 Å². The van der Waals surface area contributed by atoms with Crippen LogP contribution in [0.4, 0.5) is 0 Å². The van der Waals surface area contributed by atoms with Gasteiger partial charge in [-0.25, -0.2) is 0 Å². The number of ether oxygens (including phenoxy) is 1. The summed E-state index contributed by atoms with van der Waals surface area (Å²) in [6, 6.07) is 8.72. The first-order valence-electron chi connectivity index (χ1n) is 10.3. The van der Waals surface area contributed by atoms with E-state index in [-0.39, 0.29) is 24.3 Å². The third-order valence-corrected chi connectivity index (χ3v) is 6.54. The minimum Gasteiger partial charge on any atom is -0.466 e. The Bertz CT molecular complexity index is 629. The van der Waals surface area contributed by atoms with Crippen LogP contribution >= 0.6 is 0 Å². The highest BCUT2D eigenvalue weighted by molar-refractivity contribution is 6.62. The summed E-state index contributed by atoms with van der Waals surface area (Å²) in [4.78, 5) is 11.7. The van der Waals surface area contributed by atoms with Crippen LogP contribution in [0, 0.1) is 5.92 Å². The molecule has 0 spiro atoms. The average molecular weight is 372 g/mol. The SMILES string of the molecule is CCOC(=O)C[C@H]1CC[C@H](c2ccc(B3OC(C)(C)C(C)(C)O3)cc2)CC1. The molecule has 0 N–H and O–H groups in total. The fraction of sp³-hybridized carbons (Fsp3) is 0.682. The minimum atomic E-state index is -0.312. The van der Waals surface area contributed by atoms with E-state index in [4.69, 9.17) is 14.0 Å². The molecule has 1 aliphatic carbocycles. The van der Waals surface area contributed by atoms with Crippen LogP contribution in [0.3, 0.4) is 0 Å². The molecular formula is C22H33BO4. The Labute approximate surface area is 164 Å². The molecule has 0 amide bonds. The Balaban J connectivity index is 1.55. The number of benzene rings is 1. The second-order valence-electron chi connectivity index (χ2n) is 8.98. The molecule has 2 fully saturated rings. The van der Waals surface area contributed by atoms with Crippen LogP contribution in [0.5, 0.6) is 0 Å². The first-order valence-corrected chi connectivity index (χ1v) is 10.3. The van der Waals surface area contributed by atoms with E-state index in [2.05, 4.69) is 52.0 Å². The van der Waals surface area contributed by atoms with Gasteiger partial charge in [0.2, 0.25) is 0 Å². The van der Waals surface area contributed by atoms with E-state index in [0.717, 1.165) is 31.1 Å². The van der Waals surface area contributed by atoms with E-state index in [1.807, 2.05) is 6.92 Å². The van der Waals surface area contributed by atoms with Crippen LogP contribution in [-0.4, -0.2) is 30.9 Å². The second kappa shape index (κ2) is 7.96. The minimum absolute atomic E-state index is 0.0484. The van der Waals surface area contributed by atoms with Gasteiger partial charge >= 0.3 is 13.1 Å². The lowest BCUT2D eigenvalue weighted by atomic mass is 9.75. The van der Waals surface area contributed by atoms with Crippen molar-refractivity contribution in [1.82, 2.24) is 0 Å². The lowest BCUT2D eigenvalue weighted by molar-refractivity contribution is -0.144. The van der Waals surface area contributed by atoms with Crippen LogP contribution < -0.4 is 5.46 Å². The zero-order chi connectivity index (χ0) is 19.7. The number of hydrogen-bond donors (Lipinski definition) is 0. The monoisotopic (exact) mass is 372 g/mol. The summed E-state index contributed by atoms with van der Waals surface area (Å²) in [5.74, 6) is 1.01. The first kappa shape index (κ1) is 20.4. The van der Waals surface area contributed by atoms with Gasteiger partial charge in [0.1, 0.15) is 0 Å². The summed E-state index contributed by atoms with van der Waals surface area (Å²) in [6.07, 6.45) is 5.05. The van der Waals surface area contributed by atoms with Crippen LogP contribution in [0.2, 0.25) is 0 Å². The summed E-state index contributed by atoms with van der Waals surface area (Å²) < 4.78 is 17.4. The van der Waals surface area contributed by atoms with Gasteiger partial charge < -0.3 is 14.0 Å². The van der Waals surface area contributed by atoms with Crippen LogP contribution in [-0.2, 0) is 18.8 Å². The number of rotatable bonds is 5. The Morgan fingerprint density at radius 2 is 1.59 bits per heavy atom. The fourth-order valence-electron chi connectivity index (χ4n) is 4.06. The van der Waals surface area contributed by atoms with Crippen molar-refractivity contribution in [3.63, 3.8) is 0 Å². The zero-order valence-electron chi connectivity index (χ0n) is 17.4. The summed E-state index contributed by atoms with van der Waals surface area (Å²) >= 11 is 0. The lowest BCUT2D eigenvalue weighted by Gasteiger charge is -2.32. The molecule has 0 unspecified atom stereocenters. The van der Waals surface area contributed by atoms with E-state index in [1.54, 1.807) is 0 Å². The summed E-state index contributed by atoms with van der Waals surface area (Å²) in [7, 11) is -0.302. The standard InChI is InChI=1S/C22H33BO4/c1-6-25-20(24)15-16-7-9-17(10-8-16)18-11-13-19(14-12-18)23-26-21(2,3)22(4,5)27-23/h11-14,16-17H,6-10,15H2,1-5H3/t16-,17-. The third kappa shape index (κ3) is 4.57. The Hall–Kier alpha value is -1.33. The summed E-state index contributed by atoms with van der Waals surface area (Å²) in [5, 5.41) is 0. The van der Waals surface area contributed by atoms with Gasteiger partial charge in [0, 0.05) is 6.42 Å². The molecular weight excluding hydrogens is 339 g/mol. The molecule has 0 radical (unpaired) electrons. The molecule has 3 rings (SSSR count). The number of carbonyl (C=O) groups excluding carboxylic acids is 1. The highest BCUT2D eigenvalue weighted by atomic mass is 16.7. The van der Waals surface area contributed by atoms with Crippen molar-refractivity contribution >= 4 is 18.6 Å². The van der Waals surface area contributed by atoms with Crippen molar-refractivity contribution in [3.05, 3.63) is 29.8 Å². The molecule has 0 bridgehead atoms. The molecule has 148 valence electrons. The predicted molar refractivity (Wildman–Crippen MR) is 108 cm³/mol. The van der Waals surface area contributed by atoms with Gasteiger partial charge in [-0.05, 0) is 83.2 Å². The Morgan fingerprint density at radius 3 is 2.11 bits per heavy atom. The van der Waals surface area contributed by atoms with Crippen molar-refractivity contribution in [2.24, 2.45) is 5.92 Å². The van der Waals surface area contributed by atoms with Gasteiger partial charge in [-0.15, -0.1) is 0 Å². The maximum absolute atomic E-state index is 11.7. The summed E-state index contributed by atoms with van der Waals surface area (Å²) in [5.41, 5.74) is 1.83. The Morgan fingerprint density at radius 1 is 1.04 bits per heavy atom. The molecule has 1 aromatic rings. The molecule has 1 aliphatic heterocycles. The molecule has 5 heteroatoms. The molecule has 1 aromatic carbocycles. The van der Waals surface area contributed by atoms with Crippen molar-refractivity contribution in [2.75, 3.05) is 6.61 Å². The van der Waals surface area contributed by atoms with Gasteiger partial charge in [-0.2, -0.15) is 0 Å². The van der Waals surface area contributed by atoms with Crippen molar-refractivity contribution in [1.29, 1.82) is 0 Å². The molecule has 27 heavy (non-hydrogen) atoms. The number of esters is 1. The number of hydrogen-bond acceptors (Lipinski definition) is 4. The van der Waals surface area contributed by atoms with E-state index >= 15 is 0 Å². The van der Waals surface area contributed by atoms with Crippen LogP contribution in [0.15, 0.2) is 24.3 Å². The average Bonchev–Trinajstić information content (AvgIpc) is 2.84. The van der Waals surface area contributed by atoms with E-state index in [0.29, 0.717) is 24.9 Å². The molecule has 0 atom stereocenters. The largest absolute Gasteiger partial charge is 0.494 e. The lowest BCUT2D eigenvalue weighted by Crippen LogP contribution is -2.41. The first-order chi connectivity index (χ1) is 12.7. The van der Waals surface area contributed by atoms with E-state index in [1.165, 1.54) is 5.56 Å². The van der Waals surface area contributed by atoms with Crippen LogP contribution in [0.25, 0.3) is 0 Å². The number of carbonyl (C=O) groups is 1. The third-order valence-electron chi connectivity index (χ3n) is 6.54. The van der Waals surface area contributed by atoms with E-state index in [9.17, 15) is 4.79 Å². The molecule has 1 heterocycles. The zero-order valence-corrected chi connectivity index (χ0v) is 17.4. The quantitative estimate of drug-likeness (QED) is 0.574. The highest BCUT2D eigenvalue weighted by Crippen LogP contribution is 2.38. The van der Waals surface area contributed by atoms with Crippen molar-refractivity contribution in [2.45, 2.75) is 83.8 Å². The van der Waals surface area contributed by atoms with Gasteiger partial charge in [-0.3, -0.25) is 4.79 Å². The van der Waals surface area contributed by atoms with E-state index < -0.39 is 0 Å². The van der Waals surface area contributed by atoms with Gasteiger partial charge in [0.05, 0.1) is 17.8 Å². The smallest absolute Gasteiger partial charge is 0.466 e. The molecule has 4 nitrogen and oxygen atoms in total. The topological polar surface area (TPSA) is 44.8 Å². The van der Waals surface area contributed by atoms with Crippen molar-refractivity contribution < 1.29 is 18.8 Å². The molecule has 1 saturated heterocycles. The normalized spacial score (nSPS) is 26.8. The molecule has 0 aromatic heterocycles. The van der Waals surface area contributed by atoms with Crippen LogP contribution in [0.1, 0.15) is 78.2 Å². The highest BCUT2D eigenvalue weighted by Gasteiger charge is 2.51. The predicted octanol–water partition coefficient (Wildman–Crippen LogP) is 4.21. The maximum atomic E-state index is 11.7. The van der Waals surface area contributed by atoms with Crippen molar-refractivity contribution in [3.8, 4) is 0 Å². The van der Waals surface area contributed by atoms with Gasteiger partial charge in [-0.1, -0.05) is 24.3 Å². The fourth-order valence-corrected chi connectivity index (χ4v) is 4.06. The molecule has 2 aliphatic rings. The maximum Gasteiger partial charge on any atom is 0.494 e. The second-order valence-corrected chi connectivity index (χ2v) is 8.98. The summed E-state index contributed by atoms with van der Waals surface area (Å²) in [6.45, 7) is 10.7. The Kier molecular flexibility index (Phi) is 6.02. The van der Waals surface area contributed by atoms with Gasteiger partial charge in [0.15, 0.2) is 0 Å². The molecule has 1 saturated carbocycles.